The van der Waals surface area contributed by atoms with Gasteiger partial charge in [-0.25, -0.2) is 4.79 Å². The first kappa shape index (κ1) is 20.3. The van der Waals surface area contributed by atoms with E-state index < -0.39 is 11.7 Å². The predicted molar refractivity (Wildman–Crippen MR) is 99.1 cm³/mol. The highest BCUT2D eigenvalue weighted by Crippen LogP contribution is 2.41. The number of ether oxygens (including phenoxy) is 4. The van der Waals surface area contributed by atoms with E-state index in [2.05, 4.69) is 0 Å². The fourth-order valence-corrected chi connectivity index (χ4v) is 2.84. The topological polar surface area (TPSA) is 97.3 Å². The zero-order valence-corrected chi connectivity index (χ0v) is 15.9. The molecule has 0 spiro atoms. The standard InChI is InChI=1S/C19H19ClO7/c1-24-15-8-11(9-16(25-2)18(15)27-4)12(19(22)23)5-10-6-13(20)17(26-3)14(21)7-10/h5-9,21H,1-4H3,(H,22,23)/p-1/b12-5+. The Labute approximate surface area is 161 Å². The summed E-state index contributed by atoms with van der Waals surface area (Å²) in [5.74, 6) is -0.719. The minimum atomic E-state index is -1.20. The third-order valence-electron chi connectivity index (χ3n) is 3.75. The molecule has 0 fully saturated rings. The van der Waals surface area contributed by atoms with Gasteiger partial charge in [0.15, 0.2) is 11.5 Å². The van der Waals surface area contributed by atoms with Crippen molar-refractivity contribution in [1.29, 1.82) is 0 Å². The van der Waals surface area contributed by atoms with Gasteiger partial charge < -0.3 is 29.2 Å². The van der Waals surface area contributed by atoms with E-state index in [1.54, 1.807) is 0 Å². The maximum atomic E-state index is 12.0. The highest BCUT2D eigenvalue weighted by Gasteiger charge is 2.19. The maximum Gasteiger partial charge on any atom is 0.336 e. The molecule has 0 atom stereocenters. The van der Waals surface area contributed by atoms with E-state index in [4.69, 9.17) is 30.5 Å². The lowest BCUT2D eigenvalue weighted by atomic mass is 10.0. The number of methoxy groups -OCH3 is 4. The quantitative estimate of drug-likeness (QED) is 0.570. The zero-order valence-electron chi connectivity index (χ0n) is 15.2. The number of rotatable bonds is 7. The molecule has 27 heavy (non-hydrogen) atoms. The van der Waals surface area contributed by atoms with Gasteiger partial charge in [0.05, 0.1) is 39.0 Å². The predicted octanol–water partition coefficient (Wildman–Crippen LogP) is 3.07. The Morgan fingerprint density at radius 1 is 0.963 bits per heavy atom. The second-order valence-corrected chi connectivity index (χ2v) is 5.72. The summed E-state index contributed by atoms with van der Waals surface area (Å²) in [6, 6.07) is 5.70. The normalized spacial score (nSPS) is 11.1. The van der Waals surface area contributed by atoms with Gasteiger partial charge in [-0.3, -0.25) is 0 Å². The molecular formula is C19H18ClO7-. The molecule has 0 aromatic heterocycles. The zero-order chi connectivity index (χ0) is 20.1. The Balaban J connectivity index is 2.65. The number of carboxylic acid groups (broad SMARTS) is 1. The number of hydrogen-bond donors (Lipinski definition) is 1. The number of halogens is 1. The van der Waals surface area contributed by atoms with Gasteiger partial charge in [0, 0.05) is 0 Å². The maximum absolute atomic E-state index is 12.0. The molecule has 2 rings (SSSR count). The van der Waals surface area contributed by atoms with Gasteiger partial charge >= 0.3 is 5.97 Å². The minimum absolute atomic E-state index is 0.00141. The van der Waals surface area contributed by atoms with Crippen LogP contribution in [0.15, 0.2) is 24.3 Å². The fraction of sp³-hybridized carbons (Fsp3) is 0.211. The molecule has 0 radical (unpaired) electrons. The molecule has 7 nitrogen and oxygen atoms in total. The molecule has 0 saturated heterocycles. The molecule has 0 amide bonds. The monoisotopic (exact) mass is 393 g/mol. The molecule has 0 heterocycles. The van der Waals surface area contributed by atoms with Crippen LogP contribution in [0.5, 0.6) is 28.7 Å². The van der Waals surface area contributed by atoms with Crippen LogP contribution in [0.4, 0.5) is 0 Å². The van der Waals surface area contributed by atoms with E-state index in [0.29, 0.717) is 28.4 Å². The molecule has 0 aliphatic rings. The third-order valence-corrected chi connectivity index (χ3v) is 4.03. The van der Waals surface area contributed by atoms with E-state index in [0.717, 1.165) is 0 Å². The number of hydrogen-bond acceptors (Lipinski definition) is 6. The van der Waals surface area contributed by atoms with Crippen LogP contribution in [0, 0.1) is 0 Å². The summed E-state index contributed by atoms with van der Waals surface area (Å²) in [6.07, 6.45) is 1.33. The lowest BCUT2D eigenvalue weighted by Crippen LogP contribution is -2.03. The van der Waals surface area contributed by atoms with Crippen LogP contribution in [0.25, 0.3) is 11.6 Å². The summed E-state index contributed by atoms with van der Waals surface area (Å²) in [6.45, 7) is 0. The van der Waals surface area contributed by atoms with Crippen molar-refractivity contribution in [3.05, 3.63) is 40.4 Å². The van der Waals surface area contributed by atoms with Crippen molar-refractivity contribution >= 4 is 29.2 Å². The average Bonchev–Trinajstić information content (AvgIpc) is 2.64. The van der Waals surface area contributed by atoms with Crippen LogP contribution in [-0.2, 0) is 4.79 Å². The lowest BCUT2D eigenvalue weighted by molar-refractivity contribution is -0.270. The average molecular weight is 394 g/mol. The second-order valence-electron chi connectivity index (χ2n) is 5.31. The summed E-state index contributed by atoms with van der Waals surface area (Å²) in [4.78, 5) is 11.8. The van der Waals surface area contributed by atoms with E-state index in [9.17, 15) is 15.0 Å². The van der Waals surface area contributed by atoms with E-state index in [-0.39, 0.29) is 16.3 Å². The van der Waals surface area contributed by atoms with Gasteiger partial charge in [0.2, 0.25) is 5.75 Å². The minimum Gasteiger partial charge on any atom is -0.870 e. The molecule has 0 aliphatic carbocycles. The van der Waals surface area contributed by atoms with Crippen molar-refractivity contribution in [3.8, 4) is 28.7 Å². The molecule has 2 aromatic carbocycles. The van der Waals surface area contributed by atoms with Crippen LogP contribution in [0.1, 0.15) is 11.1 Å². The Bertz CT molecular complexity index is 842. The molecule has 2 aromatic rings. The summed E-state index contributed by atoms with van der Waals surface area (Å²) in [5, 5.41) is 21.8. The molecule has 0 saturated carbocycles. The van der Waals surface area contributed by atoms with Crippen molar-refractivity contribution in [2.75, 3.05) is 28.4 Å². The lowest BCUT2D eigenvalue weighted by Gasteiger charge is -2.16. The van der Waals surface area contributed by atoms with Crippen molar-refractivity contribution in [2.24, 2.45) is 0 Å². The van der Waals surface area contributed by atoms with E-state index in [1.165, 1.54) is 58.8 Å². The number of carboxylic acids is 1. The third kappa shape index (κ3) is 4.20. The molecule has 1 N–H and O–H groups in total. The van der Waals surface area contributed by atoms with Crippen molar-refractivity contribution in [1.82, 2.24) is 0 Å². The molecule has 0 bridgehead atoms. The van der Waals surface area contributed by atoms with E-state index >= 15 is 0 Å². The molecule has 0 unspecified atom stereocenters. The van der Waals surface area contributed by atoms with Crippen LogP contribution in [0.2, 0.25) is 5.02 Å². The highest BCUT2D eigenvalue weighted by molar-refractivity contribution is 6.32. The first-order valence-corrected chi connectivity index (χ1v) is 8.04. The molecule has 144 valence electrons. The van der Waals surface area contributed by atoms with Gasteiger partial charge in [0.25, 0.3) is 0 Å². The highest BCUT2D eigenvalue weighted by atomic mass is 35.5. The fourth-order valence-electron chi connectivity index (χ4n) is 2.54. The van der Waals surface area contributed by atoms with Gasteiger partial charge in [-0.15, -0.1) is 0 Å². The van der Waals surface area contributed by atoms with Crippen LogP contribution in [0.3, 0.4) is 0 Å². The summed E-state index contributed by atoms with van der Waals surface area (Å²) in [5.41, 5.74) is 0.531. The van der Waals surface area contributed by atoms with Crippen LogP contribution >= 0.6 is 11.6 Å². The van der Waals surface area contributed by atoms with Gasteiger partial charge in [-0.05, 0) is 35.4 Å². The largest absolute Gasteiger partial charge is 0.870 e. The number of benzene rings is 2. The molecule has 0 aliphatic heterocycles. The van der Waals surface area contributed by atoms with E-state index in [1.807, 2.05) is 0 Å². The first-order chi connectivity index (χ1) is 12.9. The first-order valence-electron chi connectivity index (χ1n) is 7.66. The Morgan fingerprint density at radius 3 is 1.93 bits per heavy atom. The van der Waals surface area contributed by atoms with Crippen LogP contribution < -0.4 is 24.1 Å². The Hall–Kier alpha value is -3.06. The van der Waals surface area contributed by atoms with Gasteiger partial charge in [-0.1, -0.05) is 23.4 Å². The van der Waals surface area contributed by atoms with Crippen molar-refractivity contribution in [2.45, 2.75) is 0 Å². The molecule has 8 heteroatoms. The molecular weight excluding hydrogens is 376 g/mol. The summed E-state index contributed by atoms with van der Waals surface area (Å²) < 4.78 is 20.7. The Morgan fingerprint density at radius 2 is 1.52 bits per heavy atom. The van der Waals surface area contributed by atoms with Crippen LogP contribution in [-0.4, -0.2) is 39.5 Å². The number of carbonyl (C=O) groups is 1. The Kier molecular flexibility index (Phi) is 6.41. The summed E-state index contributed by atoms with van der Waals surface area (Å²) in [7, 11) is 5.64. The van der Waals surface area contributed by atoms with Gasteiger partial charge in [-0.2, -0.15) is 0 Å². The summed E-state index contributed by atoms with van der Waals surface area (Å²) >= 11 is 6.02. The van der Waals surface area contributed by atoms with Crippen molar-refractivity contribution < 1.29 is 34.0 Å². The smallest absolute Gasteiger partial charge is 0.336 e. The van der Waals surface area contributed by atoms with Gasteiger partial charge in [0.1, 0.15) is 5.75 Å². The van der Waals surface area contributed by atoms with Crippen molar-refractivity contribution in [3.63, 3.8) is 0 Å². The second kappa shape index (κ2) is 8.55. The number of aliphatic carboxylic acids is 1. The SMILES string of the molecule is COc1cc(/C(=C\c2cc([O-])c(OC)c(Cl)c2)C(=O)O)cc(OC)c1OC.